The fourth-order valence-electron chi connectivity index (χ4n) is 15.5. The van der Waals surface area contributed by atoms with Crippen molar-refractivity contribution in [3.63, 3.8) is 0 Å². The van der Waals surface area contributed by atoms with Crippen LogP contribution in [-0.2, 0) is 0 Å². The molecule has 106 heavy (non-hydrogen) atoms. The van der Waals surface area contributed by atoms with Crippen molar-refractivity contribution in [1.82, 2.24) is 39.0 Å². The van der Waals surface area contributed by atoms with Gasteiger partial charge in [-0.1, -0.05) is 237 Å². The number of furan rings is 2. The predicted molar refractivity (Wildman–Crippen MR) is 431 cm³/mol. The Hall–Kier alpha value is -14.5. The molecule has 0 aliphatic heterocycles. The molecule has 15 aromatic carbocycles. The fourth-order valence-corrected chi connectivity index (χ4v) is 15.5. The summed E-state index contributed by atoms with van der Waals surface area (Å²) in [7, 11) is 0. The van der Waals surface area contributed by atoms with Crippen LogP contribution >= 0.6 is 0 Å². The van der Waals surface area contributed by atoms with Gasteiger partial charge < -0.3 is 18.0 Å². The molecule has 0 unspecified atom stereocenters. The van der Waals surface area contributed by atoms with Crippen molar-refractivity contribution in [2.45, 2.75) is 0 Å². The van der Waals surface area contributed by atoms with Crippen LogP contribution in [0.5, 0.6) is 0 Å². The van der Waals surface area contributed by atoms with E-state index in [9.17, 15) is 0 Å². The molecule has 0 spiro atoms. The molecule has 10 heteroatoms. The average Bonchev–Trinajstić information content (AvgIpc) is 1.56. The second-order valence-corrected chi connectivity index (χ2v) is 26.9. The Kier molecular flexibility index (Phi) is 14.0. The van der Waals surface area contributed by atoms with Gasteiger partial charge in [0.05, 0.1) is 22.1 Å². The molecule has 0 bridgehead atoms. The molecule has 0 radical (unpaired) electrons. The van der Waals surface area contributed by atoms with Gasteiger partial charge in [0.1, 0.15) is 22.3 Å². The second kappa shape index (κ2) is 24.7. The summed E-state index contributed by atoms with van der Waals surface area (Å²) in [4.78, 5) is 30.9. The summed E-state index contributed by atoms with van der Waals surface area (Å²) >= 11 is 0. The summed E-state index contributed by atoms with van der Waals surface area (Å²) in [6.07, 6.45) is 0. The number of hydrogen-bond acceptors (Lipinski definition) is 8. The first-order chi connectivity index (χ1) is 52.5. The molecule has 21 aromatic rings. The highest BCUT2D eigenvalue weighted by Crippen LogP contribution is 2.46. The summed E-state index contributed by atoms with van der Waals surface area (Å²) in [5, 5.41) is 8.57. The predicted octanol–water partition coefficient (Wildman–Crippen LogP) is 24.7. The highest BCUT2D eigenvalue weighted by Gasteiger charge is 2.24. The number of benzene rings is 15. The van der Waals surface area contributed by atoms with Crippen LogP contribution in [-0.4, -0.2) is 39.0 Å². The first-order valence-corrected chi connectivity index (χ1v) is 35.5. The third kappa shape index (κ3) is 10.3. The zero-order chi connectivity index (χ0) is 69.8. The average molecular weight is 1360 g/mol. The summed E-state index contributed by atoms with van der Waals surface area (Å²) in [6.45, 7) is 0. The normalized spacial score (nSPS) is 11.8. The first-order valence-electron chi connectivity index (χ1n) is 35.5. The van der Waals surface area contributed by atoms with Crippen molar-refractivity contribution in [2.24, 2.45) is 0 Å². The monoisotopic (exact) mass is 1350 g/mol. The minimum Gasteiger partial charge on any atom is -0.456 e. The number of fused-ring (bicyclic) bond motifs is 12. The minimum atomic E-state index is 0.562. The van der Waals surface area contributed by atoms with E-state index < -0.39 is 0 Å². The molecule has 21 rings (SSSR count). The number of aromatic nitrogens is 8. The van der Waals surface area contributed by atoms with Gasteiger partial charge in [-0.3, -0.25) is 0 Å². The van der Waals surface area contributed by atoms with Crippen LogP contribution in [0.3, 0.4) is 0 Å². The second-order valence-electron chi connectivity index (χ2n) is 26.9. The lowest BCUT2D eigenvalue weighted by atomic mass is 9.93. The molecular weight excluding hydrogens is 1300 g/mol. The van der Waals surface area contributed by atoms with Gasteiger partial charge in [0, 0.05) is 93.9 Å². The van der Waals surface area contributed by atoms with Crippen LogP contribution in [0.25, 0.3) is 212 Å². The summed E-state index contributed by atoms with van der Waals surface area (Å²) < 4.78 is 18.1. The van der Waals surface area contributed by atoms with Gasteiger partial charge in [-0.05, 0) is 154 Å². The van der Waals surface area contributed by atoms with Gasteiger partial charge in [0.2, 0.25) is 0 Å². The molecule has 6 aromatic heterocycles. The van der Waals surface area contributed by atoms with E-state index in [1.807, 2.05) is 109 Å². The zero-order valence-corrected chi connectivity index (χ0v) is 56.9. The zero-order valence-electron chi connectivity index (χ0n) is 56.9. The van der Waals surface area contributed by atoms with Crippen molar-refractivity contribution in [3.8, 4) is 124 Å². The molecule has 0 atom stereocenters. The highest BCUT2D eigenvalue weighted by molar-refractivity contribution is 6.19. The number of para-hydroxylation sites is 1. The van der Waals surface area contributed by atoms with Gasteiger partial charge in [-0.2, -0.15) is 0 Å². The quantitative estimate of drug-likeness (QED) is 0.119. The van der Waals surface area contributed by atoms with Crippen molar-refractivity contribution in [3.05, 3.63) is 352 Å². The van der Waals surface area contributed by atoms with E-state index in [1.54, 1.807) is 0 Å². The van der Waals surface area contributed by atoms with Gasteiger partial charge in [-0.25, -0.2) is 29.9 Å². The lowest BCUT2D eigenvalue weighted by Gasteiger charge is -2.12. The maximum atomic E-state index is 6.72. The Morgan fingerprint density at radius 2 is 0.528 bits per heavy atom. The van der Waals surface area contributed by atoms with E-state index in [0.29, 0.717) is 34.9 Å². The lowest BCUT2D eigenvalue weighted by molar-refractivity contribution is 0.668. The fraction of sp³-hybridized carbons (Fsp3) is 0. The van der Waals surface area contributed by atoms with E-state index >= 15 is 0 Å². The van der Waals surface area contributed by atoms with E-state index in [0.717, 1.165) is 155 Å². The van der Waals surface area contributed by atoms with Crippen LogP contribution in [0, 0.1) is 0 Å². The van der Waals surface area contributed by atoms with Crippen LogP contribution in [0.4, 0.5) is 0 Å². The molecule has 6 heterocycles. The summed E-state index contributed by atoms with van der Waals surface area (Å²) in [5.41, 5.74) is 23.8. The van der Waals surface area contributed by atoms with Gasteiger partial charge in [0.25, 0.3) is 0 Å². The van der Waals surface area contributed by atoms with E-state index in [2.05, 4.69) is 252 Å². The number of rotatable bonds is 12. The molecule has 0 N–H and O–H groups in total. The first kappa shape index (κ1) is 60.3. The van der Waals surface area contributed by atoms with Crippen molar-refractivity contribution in [2.75, 3.05) is 0 Å². The molecule has 0 amide bonds. The third-order valence-corrected chi connectivity index (χ3v) is 20.6. The standard InChI is InChI=1S/C96H58N8O2/c1-7-21-59(22-8-1)67-39-46-83-77(51-67)74-33-19-20-34-82(74)103(83)73-43-45-75-78-53-69(41-48-86(78)106-89(75)58-73)95-101-93(65-31-17-6-18-32-65)98-94(102-95)66-37-35-61(36-38-66)68-40-47-84-81(52-68)90-76(62-25-11-3-12-26-62)55-71(60-23-9-2-10-24-60)56-85(90)104(84)72-44-50-88-80(57-72)79-54-70(42-49-87(79)105-88)96-99-91(63-27-13-4-14-28-63)97-92(100-96)64-29-15-5-16-30-64/h1-58H. The number of nitrogens with zero attached hydrogens (tertiary/aromatic N) is 8. The van der Waals surface area contributed by atoms with Gasteiger partial charge in [0.15, 0.2) is 34.9 Å². The molecule has 0 saturated heterocycles. The molecule has 0 aliphatic rings. The summed E-state index contributed by atoms with van der Waals surface area (Å²) in [5.74, 6) is 3.50. The van der Waals surface area contributed by atoms with Crippen LogP contribution in [0.15, 0.2) is 361 Å². The Balaban J connectivity index is 0.665. The van der Waals surface area contributed by atoms with E-state index in [-0.39, 0.29) is 0 Å². The minimum absolute atomic E-state index is 0.562. The van der Waals surface area contributed by atoms with E-state index in [4.69, 9.17) is 38.7 Å². The maximum Gasteiger partial charge on any atom is 0.164 e. The Morgan fingerprint density at radius 1 is 0.179 bits per heavy atom. The molecule has 0 aliphatic carbocycles. The topological polar surface area (TPSA) is 113 Å². The van der Waals surface area contributed by atoms with Crippen LogP contribution in [0.2, 0.25) is 0 Å². The highest BCUT2D eigenvalue weighted by atomic mass is 16.3. The van der Waals surface area contributed by atoms with E-state index in [1.165, 1.54) is 21.9 Å². The van der Waals surface area contributed by atoms with Crippen molar-refractivity contribution >= 4 is 87.5 Å². The van der Waals surface area contributed by atoms with Crippen molar-refractivity contribution < 1.29 is 8.83 Å². The van der Waals surface area contributed by atoms with Crippen molar-refractivity contribution in [1.29, 1.82) is 0 Å². The van der Waals surface area contributed by atoms with Gasteiger partial charge >= 0.3 is 0 Å². The Labute approximate surface area is 607 Å². The number of hydrogen-bond donors (Lipinski definition) is 0. The van der Waals surface area contributed by atoms with Gasteiger partial charge in [-0.15, -0.1) is 0 Å². The smallest absolute Gasteiger partial charge is 0.164 e. The Morgan fingerprint density at radius 3 is 1.08 bits per heavy atom. The Bertz CT molecular complexity index is 6980. The molecule has 494 valence electrons. The molecule has 0 saturated carbocycles. The molecule has 10 nitrogen and oxygen atoms in total. The SMILES string of the molecule is c1ccc(-c2ccc3c(c2)c2ccccc2n3-c2ccc3c(c2)oc2ccc(-c4nc(-c5ccccc5)nc(-c5ccc(-c6ccc7c(c6)c6c(-c8ccccc8)cc(-c8ccccc8)cc6n7-c6ccc7oc8ccc(-c9nc(-c%10ccccc%10)nc(-c%10ccccc%10)n9)cc8c7c6)cc5)n4)cc23)cc1. The van der Waals surface area contributed by atoms with Crippen LogP contribution in [0.1, 0.15) is 0 Å². The molecular formula is C96H58N8O2. The summed E-state index contributed by atoms with van der Waals surface area (Å²) in [6, 6.07) is 123. The molecule has 0 fully saturated rings. The largest absolute Gasteiger partial charge is 0.456 e. The maximum absolute atomic E-state index is 6.72. The van der Waals surface area contributed by atoms with Crippen LogP contribution < -0.4 is 0 Å². The third-order valence-electron chi connectivity index (χ3n) is 20.6. The lowest BCUT2D eigenvalue weighted by Crippen LogP contribution is -2.00.